The first kappa shape index (κ1) is 11.8. The molecular weight excluding hydrogens is 191 g/mol. The summed E-state index contributed by atoms with van der Waals surface area (Å²) in [4.78, 5) is 2.06. The van der Waals surface area contributed by atoms with Crippen molar-refractivity contribution in [3.63, 3.8) is 0 Å². The van der Waals surface area contributed by atoms with Crippen LogP contribution in [0.5, 0.6) is 0 Å². The summed E-state index contributed by atoms with van der Waals surface area (Å²) in [6, 6.07) is 5.05. The summed E-state index contributed by atoms with van der Waals surface area (Å²) >= 11 is 0. The molecule has 0 aliphatic heterocycles. The molecule has 1 atom stereocenters. The molecule has 1 rings (SSSR count). The molecule has 0 saturated heterocycles. The lowest BCUT2D eigenvalue weighted by molar-refractivity contribution is 0.606. The van der Waals surface area contributed by atoms with Gasteiger partial charge in [-0.2, -0.15) is 0 Å². The zero-order valence-electron chi connectivity index (χ0n) is 9.63. The third-order valence-corrected chi connectivity index (χ3v) is 2.68. The molecule has 84 valence electrons. The van der Waals surface area contributed by atoms with Crippen LogP contribution in [0.3, 0.4) is 0 Å². The minimum atomic E-state index is -0.277. The van der Waals surface area contributed by atoms with Gasteiger partial charge >= 0.3 is 0 Å². The second-order valence-corrected chi connectivity index (χ2v) is 3.99. The summed E-state index contributed by atoms with van der Waals surface area (Å²) in [5.74, 6) is -0.277. The normalized spacial score (nSPS) is 12.5. The lowest BCUT2D eigenvalue weighted by Crippen LogP contribution is -2.28. The van der Waals surface area contributed by atoms with Crippen LogP contribution in [0.25, 0.3) is 0 Å². The van der Waals surface area contributed by atoms with Crippen LogP contribution in [0.1, 0.15) is 26.7 Å². The maximum Gasteiger partial charge on any atom is 0.127 e. The fraction of sp³-hybridized carbons (Fsp3) is 0.500. The monoisotopic (exact) mass is 210 g/mol. The van der Waals surface area contributed by atoms with E-state index < -0.39 is 0 Å². The van der Waals surface area contributed by atoms with Crippen molar-refractivity contribution >= 4 is 11.4 Å². The fourth-order valence-electron chi connectivity index (χ4n) is 1.67. The number of hydrogen-bond donors (Lipinski definition) is 1. The van der Waals surface area contributed by atoms with Crippen LogP contribution in [0.15, 0.2) is 18.2 Å². The molecule has 0 bridgehead atoms. The largest absolute Gasteiger partial charge is 0.399 e. The Kier molecular flexibility index (Phi) is 3.95. The second kappa shape index (κ2) is 5.01. The Labute approximate surface area is 90.9 Å². The molecule has 0 aliphatic carbocycles. The number of nitrogens with two attached hydrogens (primary N) is 1. The van der Waals surface area contributed by atoms with Crippen molar-refractivity contribution in [3.8, 4) is 0 Å². The minimum absolute atomic E-state index is 0.277. The van der Waals surface area contributed by atoms with E-state index in [0.29, 0.717) is 11.7 Å². The molecule has 0 radical (unpaired) electrons. The van der Waals surface area contributed by atoms with E-state index in [-0.39, 0.29) is 5.82 Å². The van der Waals surface area contributed by atoms with Crippen molar-refractivity contribution in [3.05, 3.63) is 24.0 Å². The molecule has 0 heterocycles. The van der Waals surface area contributed by atoms with Crippen LogP contribution in [0.4, 0.5) is 15.8 Å². The first-order valence-corrected chi connectivity index (χ1v) is 5.33. The van der Waals surface area contributed by atoms with E-state index in [2.05, 4.69) is 18.7 Å². The summed E-state index contributed by atoms with van der Waals surface area (Å²) in [6.07, 6.45) is 2.21. The van der Waals surface area contributed by atoms with Gasteiger partial charge in [-0.25, -0.2) is 4.39 Å². The van der Waals surface area contributed by atoms with Crippen LogP contribution in [0.2, 0.25) is 0 Å². The van der Waals surface area contributed by atoms with Crippen molar-refractivity contribution < 1.29 is 4.39 Å². The van der Waals surface area contributed by atoms with E-state index in [9.17, 15) is 4.39 Å². The summed E-state index contributed by atoms with van der Waals surface area (Å²) in [6.45, 7) is 4.27. The fourth-order valence-corrected chi connectivity index (χ4v) is 1.67. The average Bonchev–Trinajstić information content (AvgIpc) is 2.15. The highest BCUT2D eigenvalue weighted by atomic mass is 19.1. The summed E-state index contributed by atoms with van der Waals surface area (Å²) in [5.41, 5.74) is 6.92. The Hall–Kier alpha value is -1.25. The third kappa shape index (κ3) is 3.11. The topological polar surface area (TPSA) is 29.3 Å². The predicted octanol–water partition coefficient (Wildman–Crippen LogP) is 3.03. The molecule has 1 aromatic carbocycles. The average molecular weight is 210 g/mol. The molecule has 0 fully saturated rings. The first-order chi connectivity index (χ1) is 7.04. The molecule has 1 aromatic rings. The molecule has 2 nitrogen and oxygen atoms in total. The summed E-state index contributed by atoms with van der Waals surface area (Å²) in [7, 11) is 1.97. The van der Waals surface area contributed by atoms with Gasteiger partial charge in [0.15, 0.2) is 0 Å². The van der Waals surface area contributed by atoms with Crippen LogP contribution in [-0.2, 0) is 0 Å². The highest BCUT2D eigenvalue weighted by molar-refractivity contribution is 5.56. The van der Waals surface area contributed by atoms with Crippen molar-refractivity contribution in [2.45, 2.75) is 32.7 Å². The van der Waals surface area contributed by atoms with E-state index in [0.717, 1.165) is 18.5 Å². The summed E-state index contributed by atoms with van der Waals surface area (Å²) < 4.78 is 13.1. The SMILES string of the molecule is CCCC(C)N(C)c1cc(N)cc(F)c1. The van der Waals surface area contributed by atoms with E-state index in [1.54, 1.807) is 6.07 Å². The molecule has 2 N–H and O–H groups in total. The van der Waals surface area contributed by atoms with Crippen molar-refractivity contribution in [1.29, 1.82) is 0 Å². The molecule has 0 aliphatic rings. The highest BCUT2D eigenvalue weighted by Crippen LogP contribution is 2.21. The van der Waals surface area contributed by atoms with Gasteiger partial charge in [0.25, 0.3) is 0 Å². The van der Waals surface area contributed by atoms with E-state index in [1.807, 2.05) is 7.05 Å². The van der Waals surface area contributed by atoms with Crippen LogP contribution in [0, 0.1) is 5.82 Å². The van der Waals surface area contributed by atoms with Crippen molar-refractivity contribution in [1.82, 2.24) is 0 Å². The number of halogens is 1. The number of anilines is 2. The van der Waals surface area contributed by atoms with Gasteiger partial charge in [0.1, 0.15) is 5.82 Å². The molecule has 0 aromatic heterocycles. The minimum Gasteiger partial charge on any atom is -0.399 e. The Morgan fingerprint density at radius 1 is 1.40 bits per heavy atom. The predicted molar refractivity (Wildman–Crippen MR) is 63.6 cm³/mol. The van der Waals surface area contributed by atoms with Crippen molar-refractivity contribution in [2.24, 2.45) is 0 Å². The number of nitrogens with zero attached hydrogens (tertiary/aromatic N) is 1. The Morgan fingerprint density at radius 3 is 2.60 bits per heavy atom. The van der Waals surface area contributed by atoms with Gasteiger partial charge in [0.05, 0.1) is 0 Å². The van der Waals surface area contributed by atoms with E-state index >= 15 is 0 Å². The number of hydrogen-bond acceptors (Lipinski definition) is 2. The van der Waals surface area contributed by atoms with Gasteiger partial charge < -0.3 is 10.6 Å². The number of benzene rings is 1. The van der Waals surface area contributed by atoms with E-state index in [1.165, 1.54) is 12.1 Å². The van der Waals surface area contributed by atoms with Gasteiger partial charge in [-0.1, -0.05) is 13.3 Å². The number of nitrogen functional groups attached to an aromatic ring is 1. The van der Waals surface area contributed by atoms with Gasteiger partial charge in [-0.05, 0) is 31.5 Å². The Bertz CT molecular complexity index is 305. The van der Waals surface area contributed by atoms with Crippen LogP contribution >= 0.6 is 0 Å². The molecule has 15 heavy (non-hydrogen) atoms. The molecule has 0 saturated carbocycles. The van der Waals surface area contributed by atoms with Crippen LogP contribution < -0.4 is 10.6 Å². The second-order valence-electron chi connectivity index (χ2n) is 3.99. The zero-order valence-corrected chi connectivity index (χ0v) is 9.63. The Morgan fingerprint density at radius 2 is 2.07 bits per heavy atom. The standard InChI is InChI=1S/C12H19FN2/c1-4-5-9(2)15(3)12-7-10(13)6-11(14)8-12/h6-9H,4-5,14H2,1-3H3. The third-order valence-electron chi connectivity index (χ3n) is 2.68. The van der Waals surface area contributed by atoms with E-state index in [4.69, 9.17) is 5.73 Å². The lowest BCUT2D eigenvalue weighted by Gasteiger charge is -2.27. The van der Waals surface area contributed by atoms with Crippen molar-refractivity contribution in [2.75, 3.05) is 17.7 Å². The maximum absolute atomic E-state index is 13.1. The zero-order chi connectivity index (χ0) is 11.4. The number of rotatable bonds is 4. The Balaban J connectivity index is 2.85. The molecule has 3 heteroatoms. The lowest BCUT2D eigenvalue weighted by atomic mass is 10.1. The highest BCUT2D eigenvalue weighted by Gasteiger charge is 2.10. The summed E-state index contributed by atoms with van der Waals surface area (Å²) in [5, 5.41) is 0. The van der Waals surface area contributed by atoms with Crippen LogP contribution in [-0.4, -0.2) is 13.1 Å². The molecular formula is C12H19FN2. The molecule has 0 amide bonds. The van der Waals surface area contributed by atoms with Gasteiger partial charge in [-0.15, -0.1) is 0 Å². The van der Waals surface area contributed by atoms with Gasteiger partial charge in [-0.3, -0.25) is 0 Å². The quantitative estimate of drug-likeness (QED) is 0.774. The molecule has 0 spiro atoms. The molecule has 1 unspecified atom stereocenters. The smallest absolute Gasteiger partial charge is 0.127 e. The maximum atomic E-state index is 13.1. The van der Waals surface area contributed by atoms with Gasteiger partial charge in [0, 0.05) is 24.5 Å². The van der Waals surface area contributed by atoms with Gasteiger partial charge in [0.2, 0.25) is 0 Å². The first-order valence-electron chi connectivity index (χ1n) is 5.33.